The van der Waals surface area contributed by atoms with Crippen LogP contribution in [0.5, 0.6) is 11.5 Å². The van der Waals surface area contributed by atoms with Crippen molar-refractivity contribution in [2.75, 3.05) is 6.79 Å². The van der Waals surface area contributed by atoms with E-state index in [1.54, 1.807) is 0 Å². The molecule has 22 heavy (non-hydrogen) atoms. The van der Waals surface area contributed by atoms with Gasteiger partial charge in [0.15, 0.2) is 11.5 Å². The molecule has 0 aromatic heterocycles. The number of benzene rings is 1. The standard InChI is InChI=1S/C17H25NO4/c1-3-4-5-14(17(19)20)18-12(2)6-7-13-8-9-15-16(10-13)22-11-21-15/h8-10,12,14,18H,3-7,11H2,1-2H3,(H,19,20). The van der Waals surface area contributed by atoms with Crippen LogP contribution in [-0.2, 0) is 11.2 Å². The number of nitrogens with one attached hydrogen (secondary N) is 1. The lowest BCUT2D eigenvalue weighted by Gasteiger charge is -2.20. The zero-order valence-electron chi connectivity index (χ0n) is 13.3. The number of rotatable bonds is 9. The van der Waals surface area contributed by atoms with Crippen LogP contribution in [0.2, 0.25) is 0 Å². The molecular formula is C17H25NO4. The lowest BCUT2D eigenvalue weighted by molar-refractivity contribution is -0.139. The molecule has 0 fully saturated rings. The number of fused-ring (bicyclic) bond motifs is 1. The molecule has 0 radical (unpaired) electrons. The van der Waals surface area contributed by atoms with Gasteiger partial charge in [-0.25, -0.2) is 0 Å². The number of carboxylic acid groups (broad SMARTS) is 1. The lowest BCUT2D eigenvalue weighted by Crippen LogP contribution is -2.42. The van der Waals surface area contributed by atoms with Crippen LogP contribution in [0.1, 0.15) is 45.1 Å². The average molecular weight is 307 g/mol. The van der Waals surface area contributed by atoms with Gasteiger partial charge in [0.2, 0.25) is 6.79 Å². The minimum Gasteiger partial charge on any atom is -0.480 e. The summed E-state index contributed by atoms with van der Waals surface area (Å²) in [5, 5.41) is 12.5. The summed E-state index contributed by atoms with van der Waals surface area (Å²) in [6, 6.07) is 5.67. The molecule has 122 valence electrons. The van der Waals surface area contributed by atoms with Crippen molar-refractivity contribution >= 4 is 5.97 Å². The quantitative estimate of drug-likeness (QED) is 0.734. The maximum absolute atomic E-state index is 11.3. The summed E-state index contributed by atoms with van der Waals surface area (Å²) in [6.45, 7) is 4.39. The number of hydrogen-bond donors (Lipinski definition) is 2. The molecule has 1 aliphatic rings. The first-order valence-electron chi connectivity index (χ1n) is 7.97. The van der Waals surface area contributed by atoms with Gasteiger partial charge in [0.1, 0.15) is 6.04 Å². The van der Waals surface area contributed by atoms with E-state index in [9.17, 15) is 9.90 Å². The Morgan fingerprint density at radius 3 is 2.82 bits per heavy atom. The van der Waals surface area contributed by atoms with Crippen molar-refractivity contribution in [2.24, 2.45) is 0 Å². The van der Waals surface area contributed by atoms with E-state index in [0.717, 1.165) is 37.2 Å². The molecule has 0 amide bonds. The first-order valence-corrected chi connectivity index (χ1v) is 7.97. The van der Waals surface area contributed by atoms with E-state index >= 15 is 0 Å². The van der Waals surface area contributed by atoms with E-state index in [-0.39, 0.29) is 12.8 Å². The molecule has 0 bridgehead atoms. The maximum Gasteiger partial charge on any atom is 0.320 e. The molecule has 1 aliphatic heterocycles. The second-order valence-electron chi connectivity index (χ2n) is 5.83. The van der Waals surface area contributed by atoms with Crippen molar-refractivity contribution in [3.8, 4) is 11.5 Å². The first-order chi connectivity index (χ1) is 10.6. The molecule has 1 aromatic rings. The molecular weight excluding hydrogens is 282 g/mol. The van der Waals surface area contributed by atoms with Gasteiger partial charge < -0.3 is 19.9 Å². The monoisotopic (exact) mass is 307 g/mol. The van der Waals surface area contributed by atoms with E-state index in [1.165, 1.54) is 5.56 Å². The summed E-state index contributed by atoms with van der Waals surface area (Å²) in [4.78, 5) is 11.3. The lowest BCUT2D eigenvalue weighted by atomic mass is 10.0. The second kappa shape index (κ2) is 8.03. The van der Waals surface area contributed by atoms with E-state index < -0.39 is 12.0 Å². The summed E-state index contributed by atoms with van der Waals surface area (Å²) >= 11 is 0. The SMILES string of the molecule is CCCCC(NC(C)CCc1ccc2c(c1)OCO2)C(=O)O. The minimum absolute atomic E-state index is 0.156. The van der Waals surface area contributed by atoms with Crippen molar-refractivity contribution in [3.63, 3.8) is 0 Å². The van der Waals surface area contributed by atoms with Crippen LogP contribution in [0.3, 0.4) is 0 Å². The second-order valence-corrected chi connectivity index (χ2v) is 5.83. The molecule has 5 nitrogen and oxygen atoms in total. The fraction of sp³-hybridized carbons (Fsp3) is 0.588. The third-order valence-corrected chi connectivity index (χ3v) is 3.93. The first kappa shape index (κ1) is 16.6. The summed E-state index contributed by atoms with van der Waals surface area (Å²) < 4.78 is 10.7. The Balaban J connectivity index is 1.81. The Labute approximate surface area is 131 Å². The van der Waals surface area contributed by atoms with Crippen LogP contribution >= 0.6 is 0 Å². The van der Waals surface area contributed by atoms with Crippen LogP contribution < -0.4 is 14.8 Å². The Kier molecular flexibility index (Phi) is 6.07. The van der Waals surface area contributed by atoms with E-state index in [2.05, 4.69) is 12.2 Å². The number of carboxylic acids is 1. The Morgan fingerprint density at radius 1 is 1.32 bits per heavy atom. The molecule has 2 rings (SSSR count). The number of ether oxygens (including phenoxy) is 2. The van der Waals surface area contributed by atoms with E-state index in [1.807, 2.05) is 25.1 Å². The topological polar surface area (TPSA) is 67.8 Å². The predicted molar refractivity (Wildman–Crippen MR) is 84.4 cm³/mol. The highest BCUT2D eigenvalue weighted by Gasteiger charge is 2.19. The number of unbranched alkanes of at least 4 members (excludes halogenated alkanes) is 1. The molecule has 5 heteroatoms. The summed E-state index contributed by atoms with van der Waals surface area (Å²) in [5.41, 5.74) is 1.18. The Morgan fingerprint density at radius 2 is 2.09 bits per heavy atom. The summed E-state index contributed by atoms with van der Waals surface area (Å²) in [6.07, 6.45) is 4.39. The van der Waals surface area contributed by atoms with Gasteiger partial charge in [0.05, 0.1) is 0 Å². The molecule has 2 atom stereocenters. The summed E-state index contributed by atoms with van der Waals surface area (Å²) in [5.74, 6) is 0.827. The highest BCUT2D eigenvalue weighted by molar-refractivity contribution is 5.73. The van der Waals surface area contributed by atoms with Crippen LogP contribution in [-0.4, -0.2) is 30.0 Å². The van der Waals surface area contributed by atoms with Crippen LogP contribution in [0.4, 0.5) is 0 Å². The molecule has 0 spiro atoms. The molecule has 0 saturated heterocycles. The minimum atomic E-state index is -0.761. The van der Waals surface area contributed by atoms with Crippen molar-refractivity contribution in [2.45, 2.75) is 58.0 Å². The zero-order chi connectivity index (χ0) is 15.9. The molecule has 0 saturated carbocycles. The van der Waals surface area contributed by atoms with Gasteiger partial charge in [-0.1, -0.05) is 25.8 Å². The van der Waals surface area contributed by atoms with Gasteiger partial charge in [-0.3, -0.25) is 4.79 Å². The van der Waals surface area contributed by atoms with Gasteiger partial charge in [0.25, 0.3) is 0 Å². The predicted octanol–water partition coefficient (Wildman–Crippen LogP) is 2.97. The number of hydrogen-bond acceptors (Lipinski definition) is 4. The highest BCUT2D eigenvalue weighted by atomic mass is 16.7. The Hall–Kier alpha value is -1.75. The molecule has 0 aliphatic carbocycles. The van der Waals surface area contributed by atoms with Crippen molar-refractivity contribution in [1.82, 2.24) is 5.32 Å². The summed E-state index contributed by atoms with van der Waals surface area (Å²) in [7, 11) is 0. The fourth-order valence-electron chi connectivity index (χ4n) is 2.59. The smallest absolute Gasteiger partial charge is 0.320 e. The van der Waals surface area contributed by atoms with Crippen LogP contribution in [0.15, 0.2) is 18.2 Å². The van der Waals surface area contributed by atoms with Crippen molar-refractivity contribution in [1.29, 1.82) is 0 Å². The van der Waals surface area contributed by atoms with Gasteiger partial charge >= 0.3 is 5.97 Å². The molecule has 2 unspecified atom stereocenters. The van der Waals surface area contributed by atoms with Crippen LogP contribution in [0.25, 0.3) is 0 Å². The van der Waals surface area contributed by atoms with Crippen LogP contribution in [0, 0.1) is 0 Å². The van der Waals surface area contributed by atoms with Gasteiger partial charge in [-0.2, -0.15) is 0 Å². The van der Waals surface area contributed by atoms with Gasteiger partial charge in [0, 0.05) is 6.04 Å². The van der Waals surface area contributed by atoms with Crippen molar-refractivity contribution < 1.29 is 19.4 Å². The maximum atomic E-state index is 11.3. The van der Waals surface area contributed by atoms with Gasteiger partial charge in [-0.15, -0.1) is 0 Å². The van der Waals surface area contributed by atoms with Crippen molar-refractivity contribution in [3.05, 3.63) is 23.8 Å². The largest absolute Gasteiger partial charge is 0.480 e. The normalized spacial score (nSPS) is 15.5. The van der Waals surface area contributed by atoms with E-state index in [4.69, 9.17) is 9.47 Å². The molecule has 1 aromatic carbocycles. The fourth-order valence-corrected chi connectivity index (χ4v) is 2.59. The highest BCUT2D eigenvalue weighted by Crippen LogP contribution is 2.32. The zero-order valence-corrected chi connectivity index (χ0v) is 13.3. The molecule has 2 N–H and O–H groups in total. The Bertz CT molecular complexity index is 503. The third kappa shape index (κ3) is 4.63. The van der Waals surface area contributed by atoms with E-state index in [0.29, 0.717) is 6.42 Å². The average Bonchev–Trinajstić information content (AvgIpc) is 2.96. The number of carbonyl (C=O) groups is 1. The van der Waals surface area contributed by atoms with Gasteiger partial charge in [-0.05, 0) is 43.9 Å². The number of aliphatic carboxylic acids is 1. The number of aryl methyl sites for hydroxylation is 1. The molecule has 1 heterocycles. The third-order valence-electron chi connectivity index (χ3n) is 3.93.